The second kappa shape index (κ2) is 5.00. The van der Waals surface area contributed by atoms with Gasteiger partial charge in [-0.05, 0) is 26.0 Å². The van der Waals surface area contributed by atoms with Crippen molar-refractivity contribution in [3.05, 3.63) is 42.0 Å². The fourth-order valence-corrected chi connectivity index (χ4v) is 1.77. The molecule has 0 amide bonds. The molecule has 2 aromatic heterocycles. The number of pyridine rings is 1. The van der Waals surface area contributed by atoms with Gasteiger partial charge in [0.1, 0.15) is 11.4 Å². The number of nitrogens with zero attached hydrogens (tertiary/aromatic N) is 3. The van der Waals surface area contributed by atoms with Gasteiger partial charge in [0.05, 0.1) is 18.9 Å². The fourth-order valence-electron chi connectivity index (χ4n) is 1.77. The Bertz CT molecular complexity index is 561. The zero-order valence-electron chi connectivity index (χ0n) is 10.6. The molecule has 18 heavy (non-hydrogen) atoms. The third-order valence-corrected chi connectivity index (χ3v) is 2.64. The van der Waals surface area contributed by atoms with E-state index in [2.05, 4.69) is 10.1 Å². The van der Waals surface area contributed by atoms with E-state index in [0.29, 0.717) is 17.0 Å². The van der Waals surface area contributed by atoms with Crippen LogP contribution in [0.3, 0.4) is 0 Å². The minimum Gasteiger partial charge on any atom is -0.494 e. The van der Waals surface area contributed by atoms with Crippen molar-refractivity contribution in [2.75, 3.05) is 7.11 Å². The zero-order chi connectivity index (χ0) is 13.1. The molecule has 0 aliphatic carbocycles. The summed E-state index contributed by atoms with van der Waals surface area (Å²) >= 11 is 0. The lowest BCUT2D eigenvalue weighted by Crippen LogP contribution is -2.14. The summed E-state index contributed by atoms with van der Waals surface area (Å²) in [5.41, 5.74) is 1.05. The molecular weight excluding hydrogens is 230 g/mol. The Morgan fingerprint density at radius 2 is 2.11 bits per heavy atom. The Morgan fingerprint density at radius 1 is 1.33 bits per heavy atom. The summed E-state index contributed by atoms with van der Waals surface area (Å²) in [6.07, 6.45) is 4.73. The predicted octanol–water partition coefficient (Wildman–Crippen LogP) is 2.10. The molecule has 5 nitrogen and oxygen atoms in total. The van der Waals surface area contributed by atoms with E-state index in [1.165, 1.54) is 13.3 Å². The van der Waals surface area contributed by atoms with Gasteiger partial charge in [-0.15, -0.1) is 0 Å². The van der Waals surface area contributed by atoms with Crippen molar-refractivity contribution in [2.24, 2.45) is 0 Å². The van der Waals surface area contributed by atoms with Crippen LogP contribution in [0.1, 0.15) is 35.9 Å². The maximum Gasteiger partial charge on any atom is 0.214 e. The third kappa shape index (κ3) is 2.11. The number of ether oxygens (including phenoxy) is 1. The van der Waals surface area contributed by atoms with Crippen molar-refractivity contribution in [3.63, 3.8) is 0 Å². The van der Waals surface area contributed by atoms with Crippen molar-refractivity contribution in [1.29, 1.82) is 0 Å². The molecule has 0 unspecified atom stereocenters. The summed E-state index contributed by atoms with van der Waals surface area (Å²) < 4.78 is 6.85. The van der Waals surface area contributed by atoms with Crippen molar-refractivity contribution >= 4 is 5.78 Å². The molecule has 2 heterocycles. The highest BCUT2D eigenvalue weighted by Crippen LogP contribution is 2.21. The maximum atomic E-state index is 12.4. The molecule has 0 saturated carbocycles. The zero-order valence-corrected chi connectivity index (χ0v) is 10.6. The first-order valence-electron chi connectivity index (χ1n) is 5.71. The first-order chi connectivity index (χ1) is 8.65. The van der Waals surface area contributed by atoms with E-state index in [9.17, 15) is 4.79 Å². The fraction of sp³-hybridized carbons (Fsp3) is 0.308. The highest BCUT2D eigenvalue weighted by Gasteiger charge is 2.19. The quantitative estimate of drug-likeness (QED) is 0.774. The smallest absolute Gasteiger partial charge is 0.214 e. The average Bonchev–Trinajstić information content (AvgIpc) is 2.87. The van der Waals surface area contributed by atoms with E-state index < -0.39 is 0 Å². The minimum absolute atomic E-state index is 0.111. The third-order valence-electron chi connectivity index (χ3n) is 2.64. The van der Waals surface area contributed by atoms with Gasteiger partial charge in [-0.1, -0.05) is 0 Å². The Morgan fingerprint density at radius 3 is 2.78 bits per heavy atom. The van der Waals surface area contributed by atoms with Gasteiger partial charge in [0, 0.05) is 18.4 Å². The molecule has 0 spiro atoms. The van der Waals surface area contributed by atoms with Crippen molar-refractivity contribution in [1.82, 2.24) is 14.8 Å². The van der Waals surface area contributed by atoms with Crippen LogP contribution in [0.5, 0.6) is 5.75 Å². The Balaban J connectivity index is 2.45. The van der Waals surface area contributed by atoms with Gasteiger partial charge in [0.15, 0.2) is 0 Å². The van der Waals surface area contributed by atoms with Gasteiger partial charge in [0.25, 0.3) is 0 Å². The lowest BCUT2D eigenvalue weighted by Gasteiger charge is -2.11. The van der Waals surface area contributed by atoms with Crippen molar-refractivity contribution < 1.29 is 9.53 Å². The normalized spacial score (nSPS) is 10.7. The van der Waals surface area contributed by atoms with Gasteiger partial charge in [-0.3, -0.25) is 14.5 Å². The number of rotatable bonds is 4. The Labute approximate surface area is 105 Å². The lowest BCUT2D eigenvalue weighted by molar-refractivity contribution is 0.102. The predicted molar refractivity (Wildman–Crippen MR) is 66.8 cm³/mol. The summed E-state index contributed by atoms with van der Waals surface area (Å²) in [6.45, 7) is 3.96. The van der Waals surface area contributed by atoms with Crippen LogP contribution in [-0.4, -0.2) is 27.7 Å². The van der Waals surface area contributed by atoms with Gasteiger partial charge < -0.3 is 4.74 Å². The number of aromatic nitrogens is 3. The first kappa shape index (κ1) is 12.3. The molecule has 0 radical (unpaired) electrons. The highest BCUT2D eigenvalue weighted by atomic mass is 16.5. The first-order valence-corrected chi connectivity index (χ1v) is 5.71. The van der Waals surface area contributed by atoms with E-state index >= 15 is 0 Å². The number of carbonyl (C=O) groups is 1. The van der Waals surface area contributed by atoms with Crippen LogP contribution in [0.15, 0.2) is 30.7 Å². The second-order valence-corrected chi connectivity index (χ2v) is 4.16. The average molecular weight is 245 g/mol. The van der Waals surface area contributed by atoms with Crippen LogP contribution < -0.4 is 4.74 Å². The van der Waals surface area contributed by atoms with Gasteiger partial charge in [-0.25, -0.2) is 0 Å². The van der Waals surface area contributed by atoms with E-state index in [0.717, 1.165) is 0 Å². The maximum absolute atomic E-state index is 12.4. The largest absolute Gasteiger partial charge is 0.494 e. The molecule has 0 saturated heterocycles. The molecule has 0 aliphatic rings. The molecule has 0 N–H and O–H groups in total. The van der Waals surface area contributed by atoms with Crippen LogP contribution >= 0.6 is 0 Å². The van der Waals surface area contributed by atoms with Crippen LogP contribution in [-0.2, 0) is 0 Å². The summed E-state index contributed by atoms with van der Waals surface area (Å²) in [6, 6.07) is 3.49. The number of methoxy groups -OCH3 is 1. The molecule has 2 aromatic rings. The summed E-state index contributed by atoms with van der Waals surface area (Å²) in [4.78, 5) is 16.4. The number of hydrogen-bond donors (Lipinski definition) is 0. The van der Waals surface area contributed by atoms with Crippen LogP contribution in [0.25, 0.3) is 0 Å². The summed E-state index contributed by atoms with van der Waals surface area (Å²) in [7, 11) is 1.52. The number of ketones is 1. The van der Waals surface area contributed by atoms with Crippen LogP contribution in [0.2, 0.25) is 0 Å². The van der Waals surface area contributed by atoms with Gasteiger partial charge >= 0.3 is 0 Å². The molecule has 94 valence electrons. The van der Waals surface area contributed by atoms with E-state index in [4.69, 9.17) is 4.74 Å². The monoisotopic (exact) mass is 245 g/mol. The van der Waals surface area contributed by atoms with Crippen LogP contribution in [0, 0.1) is 0 Å². The summed E-state index contributed by atoms with van der Waals surface area (Å²) in [5, 5.41) is 4.16. The van der Waals surface area contributed by atoms with Gasteiger partial charge in [0.2, 0.25) is 5.78 Å². The molecule has 0 bridgehead atoms. The molecule has 0 aromatic carbocycles. The number of carbonyl (C=O) groups excluding carboxylic acids is 1. The molecule has 5 heteroatoms. The molecular formula is C13H15N3O2. The van der Waals surface area contributed by atoms with Crippen molar-refractivity contribution in [2.45, 2.75) is 19.9 Å². The lowest BCUT2D eigenvalue weighted by atomic mass is 10.1. The van der Waals surface area contributed by atoms with Gasteiger partial charge in [-0.2, -0.15) is 5.10 Å². The summed E-state index contributed by atoms with van der Waals surface area (Å²) in [5.74, 6) is 0.361. The van der Waals surface area contributed by atoms with Crippen LogP contribution in [0.4, 0.5) is 0 Å². The minimum atomic E-state index is -0.111. The molecule has 0 aliphatic heterocycles. The Kier molecular flexibility index (Phi) is 3.41. The molecule has 2 rings (SSSR count). The van der Waals surface area contributed by atoms with E-state index in [1.807, 2.05) is 13.8 Å². The van der Waals surface area contributed by atoms with Crippen molar-refractivity contribution in [3.8, 4) is 5.75 Å². The highest BCUT2D eigenvalue weighted by molar-refractivity contribution is 6.09. The van der Waals surface area contributed by atoms with E-state index in [1.54, 1.807) is 29.2 Å². The topological polar surface area (TPSA) is 57.0 Å². The van der Waals surface area contributed by atoms with E-state index in [-0.39, 0.29) is 11.8 Å². The Hall–Kier alpha value is -2.17. The molecule has 0 fully saturated rings. The standard InChI is InChI=1S/C13H15N3O2/c1-9(2)16-11(5-7-15-16)13(17)10-4-6-14-8-12(10)18-3/h4-9H,1-3H3. The SMILES string of the molecule is COc1cnccc1C(=O)c1ccnn1C(C)C. The second-order valence-electron chi connectivity index (χ2n) is 4.16. The molecule has 0 atom stereocenters. The number of hydrogen-bond acceptors (Lipinski definition) is 4.